The highest BCUT2D eigenvalue weighted by molar-refractivity contribution is 5.97. The molecule has 108 valence electrons. The predicted octanol–water partition coefficient (Wildman–Crippen LogP) is 0.865. The number of carbonyl (C=O) groups is 3. The molecule has 1 rings (SSSR count). The van der Waals surface area contributed by atoms with Gasteiger partial charge in [-0.3, -0.25) is 19.7 Å². The number of carbonyl (C=O) groups excluding carboxylic acids is 2. The summed E-state index contributed by atoms with van der Waals surface area (Å²) in [5.41, 5.74) is 0.529. The minimum Gasteiger partial charge on any atom is -0.481 e. The Morgan fingerprint density at radius 1 is 1.25 bits per heavy atom. The Bertz CT molecular complexity index is 472. The first kappa shape index (κ1) is 15.8. The molecule has 0 saturated heterocycles. The molecule has 20 heavy (non-hydrogen) atoms. The molecular weight excluding hydrogens is 262 g/mol. The van der Waals surface area contributed by atoms with Gasteiger partial charge >= 0.3 is 11.9 Å². The molecular formula is C14H17NO5. The number of nitrogens with one attached hydrogen (secondary N) is 1. The van der Waals surface area contributed by atoms with Crippen molar-refractivity contribution in [2.75, 3.05) is 13.7 Å². The first-order chi connectivity index (χ1) is 9.54. The Kier molecular flexibility index (Phi) is 6.39. The van der Waals surface area contributed by atoms with Crippen molar-refractivity contribution in [2.45, 2.75) is 18.9 Å². The van der Waals surface area contributed by atoms with Gasteiger partial charge in [0.15, 0.2) is 5.78 Å². The monoisotopic (exact) mass is 279 g/mol. The van der Waals surface area contributed by atoms with Crippen LogP contribution in [0.4, 0.5) is 0 Å². The van der Waals surface area contributed by atoms with Crippen LogP contribution >= 0.6 is 0 Å². The summed E-state index contributed by atoms with van der Waals surface area (Å²) in [5.74, 6) is -1.75. The fraction of sp³-hybridized carbons (Fsp3) is 0.357. The Morgan fingerprint density at radius 2 is 1.90 bits per heavy atom. The zero-order chi connectivity index (χ0) is 15.0. The predicted molar refractivity (Wildman–Crippen MR) is 71.4 cm³/mol. The van der Waals surface area contributed by atoms with E-state index in [4.69, 9.17) is 5.11 Å². The smallest absolute Gasteiger partial charge is 0.322 e. The van der Waals surface area contributed by atoms with Gasteiger partial charge in [-0.1, -0.05) is 30.3 Å². The van der Waals surface area contributed by atoms with E-state index in [0.29, 0.717) is 5.56 Å². The number of ketones is 1. The van der Waals surface area contributed by atoms with Crippen molar-refractivity contribution in [1.29, 1.82) is 0 Å². The largest absolute Gasteiger partial charge is 0.481 e. The van der Waals surface area contributed by atoms with Crippen LogP contribution in [0.1, 0.15) is 23.2 Å². The number of carboxylic acid groups (broad SMARTS) is 1. The summed E-state index contributed by atoms with van der Waals surface area (Å²) in [4.78, 5) is 33.9. The molecule has 0 radical (unpaired) electrons. The van der Waals surface area contributed by atoms with Gasteiger partial charge in [0.1, 0.15) is 6.04 Å². The summed E-state index contributed by atoms with van der Waals surface area (Å²) in [7, 11) is 1.22. The maximum Gasteiger partial charge on any atom is 0.322 e. The highest BCUT2D eigenvalue weighted by Crippen LogP contribution is 2.02. The van der Waals surface area contributed by atoms with Crippen LogP contribution in [0.25, 0.3) is 0 Å². The van der Waals surface area contributed by atoms with E-state index in [9.17, 15) is 14.4 Å². The molecule has 1 aromatic carbocycles. The van der Waals surface area contributed by atoms with Crippen molar-refractivity contribution in [1.82, 2.24) is 5.32 Å². The number of esters is 1. The number of aliphatic carboxylic acids is 1. The van der Waals surface area contributed by atoms with Gasteiger partial charge in [-0.2, -0.15) is 0 Å². The summed E-state index contributed by atoms with van der Waals surface area (Å²) >= 11 is 0. The number of benzene rings is 1. The zero-order valence-electron chi connectivity index (χ0n) is 11.2. The van der Waals surface area contributed by atoms with Crippen LogP contribution in [0.3, 0.4) is 0 Å². The lowest BCUT2D eigenvalue weighted by atomic mass is 10.1. The second-order valence-electron chi connectivity index (χ2n) is 4.18. The van der Waals surface area contributed by atoms with Gasteiger partial charge < -0.3 is 9.84 Å². The maximum absolute atomic E-state index is 11.9. The van der Waals surface area contributed by atoms with Crippen molar-refractivity contribution in [2.24, 2.45) is 0 Å². The van der Waals surface area contributed by atoms with E-state index in [0.717, 1.165) is 0 Å². The summed E-state index contributed by atoms with van der Waals surface area (Å²) in [6.07, 6.45) is -0.101. The molecule has 0 spiro atoms. The minimum absolute atomic E-state index is 0.0522. The number of ether oxygens (including phenoxy) is 1. The number of hydrogen-bond donors (Lipinski definition) is 2. The Morgan fingerprint density at radius 3 is 2.45 bits per heavy atom. The van der Waals surface area contributed by atoms with Crippen molar-refractivity contribution in [3.63, 3.8) is 0 Å². The molecule has 0 aromatic heterocycles. The molecule has 0 fully saturated rings. The van der Waals surface area contributed by atoms with Gasteiger partial charge in [0, 0.05) is 12.0 Å². The molecule has 0 aliphatic heterocycles. The van der Waals surface area contributed by atoms with Gasteiger partial charge in [-0.25, -0.2) is 0 Å². The number of hydrogen-bond acceptors (Lipinski definition) is 5. The second kappa shape index (κ2) is 8.06. The highest BCUT2D eigenvalue weighted by atomic mass is 16.5. The SMILES string of the molecule is COC(=O)[C@H](CCC(=O)O)NCC(=O)c1ccccc1. The van der Waals surface area contributed by atoms with E-state index in [1.807, 2.05) is 0 Å². The topological polar surface area (TPSA) is 92.7 Å². The van der Waals surface area contributed by atoms with Gasteiger partial charge in [0.2, 0.25) is 0 Å². The lowest BCUT2D eigenvalue weighted by Crippen LogP contribution is -2.40. The van der Waals surface area contributed by atoms with Crippen molar-refractivity contribution in [3.8, 4) is 0 Å². The molecule has 0 amide bonds. The third-order valence-corrected chi connectivity index (χ3v) is 2.74. The van der Waals surface area contributed by atoms with Gasteiger partial charge in [-0.15, -0.1) is 0 Å². The van der Waals surface area contributed by atoms with Crippen LogP contribution in [-0.4, -0.2) is 42.5 Å². The molecule has 0 unspecified atom stereocenters. The van der Waals surface area contributed by atoms with Gasteiger partial charge in [0.25, 0.3) is 0 Å². The zero-order valence-corrected chi connectivity index (χ0v) is 11.2. The van der Waals surface area contributed by atoms with Gasteiger partial charge in [-0.05, 0) is 6.42 Å². The number of Topliss-reactive ketones (excluding diaryl/α,β-unsaturated/α-hetero) is 1. The Balaban J connectivity index is 2.55. The molecule has 0 bridgehead atoms. The van der Waals surface area contributed by atoms with Crippen molar-refractivity contribution < 1.29 is 24.2 Å². The second-order valence-corrected chi connectivity index (χ2v) is 4.18. The summed E-state index contributed by atoms with van der Waals surface area (Å²) in [6.45, 7) is -0.0522. The van der Waals surface area contributed by atoms with E-state index in [1.54, 1.807) is 30.3 Å². The molecule has 6 heteroatoms. The molecule has 6 nitrogen and oxygen atoms in total. The number of rotatable bonds is 8. The highest BCUT2D eigenvalue weighted by Gasteiger charge is 2.20. The summed E-state index contributed by atoms with van der Waals surface area (Å²) in [6, 6.07) is 7.84. The minimum atomic E-state index is -1.00. The van der Waals surface area contributed by atoms with Crippen LogP contribution in [0.5, 0.6) is 0 Å². The maximum atomic E-state index is 11.9. The van der Waals surface area contributed by atoms with E-state index in [1.165, 1.54) is 7.11 Å². The number of carboxylic acids is 1. The third kappa shape index (κ3) is 5.19. The normalized spacial score (nSPS) is 11.7. The standard InChI is InChI=1S/C14H17NO5/c1-20-14(19)11(7-8-13(17)18)15-9-12(16)10-5-3-2-4-6-10/h2-6,11,15H,7-9H2,1H3,(H,17,18)/t11-/m0/s1. The lowest BCUT2D eigenvalue weighted by molar-refractivity contribution is -0.143. The van der Waals surface area contributed by atoms with Crippen LogP contribution in [0.15, 0.2) is 30.3 Å². The number of methoxy groups -OCH3 is 1. The first-order valence-electron chi connectivity index (χ1n) is 6.16. The third-order valence-electron chi connectivity index (χ3n) is 2.74. The van der Waals surface area contributed by atoms with Crippen molar-refractivity contribution in [3.05, 3.63) is 35.9 Å². The average molecular weight is 279 g/mol. The quantitative estimate of drug-likeness (QED) is 0.541. The Hall–Kier alpha value is -2.21. The molecule has 0 saturated carbocycles. The lowest BCUT2D eigenvalue weighted by Gasteiger charge is -2.15. The van der Waals surface area contributed by atoms with Crippen LogP contribution < -0.4 is 5.32 Å². The van der Waals surface area contributed by atoms with E-state index < -0.39 is 18.0 Å². The first-order valence-corrected chi connectivity index (χ1v) is 6.16. The summed E-state index contributed by atoms with van der Waals surface area (Å²) < 4.78 is 4.58. The molecule has 0 aliphatic rings. The van der Waals surface area contributed by atoms with E-state index in [-0.39, 0.29) is 25.2 Å². The fourth-order valence-electron chi connectivity index (χ4n) is 1.66. The fourth-order valence-corrected chi connectivity index (χ4v) is 1.66. The molecule has 0 heterocycles. The van der Waals surface area contributed by atoms with Crippen LogP contribution in [0.2, 0.25) is 0 Å². The molecule has 1 aromatic rings. The van der Waals surface area contributed by atoms with E-state index >= 15 is 0 Å². The summed E-state index contributed by atoms with van der Waals surface area (Å²) in [5, 5.41) is 11.4. The molecule has 0 aliphatic carbocycles. The van der Waals surface area contributed by atoms with Crippen LogP contribution in [-0.2, 0) is 14.3 Å². The van der Waals surface area contributed by atoms with E-state index in [2.05, 4.69) is 10.1 Å². The Labute approximate surface area is 116 Å². The average Bonchev–Trinajstić information content (AvgIpc) is 2.47. The van der Waals surface area contributed by atoms with Crippen molar-refractivity contribution >= 4 is 17.7 Å². The van der Waals surface area contributed by atoms with Gasteiger partial charge in [0.05, 0.1) is 13.7 Å². The molecule has 1 atom stereocenters. The van der Waals surface area contributed by atoms with Crippen LogP contribution in [0, 0.1) is 0 Å². The molecule has 2 N–H and O–H groups in total.